The van der Waals surface area contributed by atoms with Gasteiger partial charge in [-0.2, -0.15) is 0 Å². The summed E-state index contributed by atoms with van der Waals surface area (Å²) in [6.45, 7) is 0. The van der Waals surface area contributed by atoms with Crippen molar-refractivity contribution in [1.82, 2.24) is 9.13 Å². The van der Waals surface area contributed by atoms with Gasteiger partial charge in [0.05, 0.1) is 22.1 Å². The number of rotatable bonds is 10. The topological polar surface area (TPSA) is 36.1 Å². The Labute approximate surface area is 542 Å². The van der Waals surface area contributed by atoms with Crippen molar-refractivity contribution in [3.05, 3.63) is 340 Å². The van der Waals surface area contributed by atoms with E-state index in [1.54, 1.807) is 0 Å². The third-order valence-electron chi connectivity index (χ3n) is 19.3. The number of para-hydroxylation sites is 2. The lowest BCUT2D eigenvalue weighted by atomic mass is 9.92. The van der Waals surface area contributed by atoms with Gasteiger partial charge in [-0.3, -0.25) is 0 Å². The summed E-state index contributed by atoms with van der Waals surface area (Å²) in [6, 6.07) is 124. The number of aromatic nitrogens is 2. The molecule has 4 heteroatoms. The Morgan fingerprint density at radius 2 is 0.426 bits per heavy atom. The number of fused-ring (bicyclic) bond motifs is 12. The molecule has 0 atom stereocenters. The zero-order valence-electron chi connectivity index (χ0n) is 51.0. The van der Waals surface area contributed by atoms with Crippen molar-refractivity contribution in [1.29, 1.82) is 0 Å². The highest BCUT2D eigenvalue weighted by Crippen LogP contribution is 2.44. The summed E-state index contributed by atoms with van der Waals surface area (Å²) in [5.74, 6) is 0. The minimum atomic E-state index is 0.859. The molecule has 94 heavy (non-hydrogen) atoms. The summed E-state index contributed by atoms with van der Waals surface area (Å²) in [5.41, 5.74) is 28.9. The molecule has 0 amide bonds. The fourth-order valence-corrected chi connectivity index (χ4v) is 14.8. The predicted octanol–water partition coefficient (Wildman–Crippen LogP) is 25.0. The molecule has 0 bridgehead atoms. The predicted molar refractivity (Wildman–Crippen MR) is 393 cm³/mol. The monoisotopic (exact) mass is 1200 g/mol. The first-order chi connectivity index (χ1) is 46.5. The van der Waals surface area contributed by atoms with Crippen LogP contribution in [0, 0.1) is 0 Å². The van der Waals surface area contributed by atoms with Crippen LogP contribution in [0.4, 0.5) is 0 Å². The van der Waals surface area contributed by atoms with Crippen LogP contribution in [0.1, 0.15) is 0 Å². The maximum absolute atomic E-state index is 6.61. The Balaban J connectivity index is 0.670. The van der Waals surface area contributed by atoms with Gasteiger partial charge in [-0.05, 0) is 210 Å². The molecule has 19 rings (SSSR count). The van der Waals surface area contributed by atoms with Crippen molar-refractivity contribution in [2.75, 3.05) is 0 Å². The molecule has 0 unspecified atom stereocenters. The summed E-state index contributed by atoms with van der Waals surface area (Å²) >= 11 is 0. The van der Waals surface area contributed by atoms with E-state index in [0.717, 1.165) is 111 Å². The molecule has 438 valence electrons. The Bertz CT molecular complexity index is 5710. The minimum Gasteiger partial charge on any atom is -0.456 e. The molecule has 19 aromatic rings. The summed E-state index contributed by atoms with van der Waals surface area (Å²) in [7, 11) is 0. The Kier molecular flexibility index (Phi) is 12.3. The van der Waals surface area contributed by atoms with E-state index in [1.807, 2.05) is 0 Å². The van der Waals surface area contributed by atoms with Crippen LogP contribution in [0.15, 0.2) is 349 Å². The van der Waals surface area contributed by atoms with Gasteiger partial charge in [-0.15, -0.1) is 0 Å². The first kappa shape index (κ1) is 53.3. The zero-order chi connectivity index (χ0) is 61.8. The van der Waals surface area contributed by atoms with Crippen LogP contribution in [0.25, 0.3) is 188 Å². The lowest BCUT2D eigenvalue weighted by Gasteiger charge is -2.14. The Morgan fingerprint density at radius 1 is 0.160 bits per heavy atom. The second-order valence-electron chi connectivity index (χ2n) is 24.8. The SMILES string of the molecule is c1ccc(-c2cc(-c3ccccc3)cc(-n3c4ccccc4c4cc(-c5ccc6oc7ccc(-c8ccccc8-c8ccc9oc%10ccc(-c%11ccc%12c(c%11)c%11ccccc%11n%12-c%11cc(-c%12ccccc%12)cc(-c%12ccccc%12)c%11)cc%10c9c8)cc7c6c5)ccc43)c2)cc1. The first-order valence-corrected chi connectivity index (χ1v) is 32.2. The van der Waals surface area contributed by atoms with Crippen molar-refractivity contribution >= 4 is 87.5 Å². The molecule has 0 aliphatic heterocycles. The summed E-state index contributed by atoms with van der Waals surface area (Å²) in [5, 5.41) is 9.15. The van der Waals surface area contributed by atoms with Crippen molar-refractivity contribution < 1.29 is 8.83 Å². The highest BCUT2D eigenvalue weighted by molar-refractivity contribution is 6.14. The molecule has 0 aliphatic rings. The molecular formula is C90H56N2O2. The Morgan fingerprint density at radius 3 is 0.777 bits per heavy atom. The number of furan rings is 2. The van der Waals surface area contributed by atoms with Crippen molar-refractivity contribution in [3.8, 4) is 100 Å². The van der Waals surface area contributed by atoms with Crippen LogP contribution < -0.4 is 0 Å². The molecule has 0 spiro atoms. The van der Waals surface area contributed by atoms with Gasteiger partial charge in [-0.25, -0.2) is 0 Å². The number of hydrogen-bond acceptors (Lipinski definition) is 2. The zero-order valence-corrected chi connectivity index (χ0v) is 51.0. The molecule has 15 aromatic carbocycles. The second kappa shape index (κ2) is 21.6. The number of benzene rings is 15. The highest BCUT2D eigenvalue weighted by Gasteiger charge is 2.21. The van der Waals surface area contributed by atoms with E-state index in [-0.39, 0.29) is 0 Å². The molecular weight excluding hydrogens is 1140 g/mol. The van der Waals surface area contributed by atoms with Crippen LogP contribution in [0.2, 0.25) is 0 Å². The van der Waals surface area contributed by atoms with Gasteiger partial charge in [0.2, 0.25) is 0 Å². The fraction of sp³-hybridized carbons (Fsp3) is 0. The van der Waals surface area contributed by atoms with Crippen LogP contribution in [-0.2, 0) is 0 Å². The third-order valence-corrected chi connectivity index (χ3v) is 19.3. The molecule has 0 saturated heterocycles. The van der Waals surface area contributed by atoms with Gasteiger partial charge >= 0.3 is 0 Å². The van der Waals surface area contributed by atoms with Crippen LogP contribution in [0.5, 0.6) is 0 Å². The second-order valence-corrected chi connectivity index (χ2v) is 24.8. The van der Waals surface area contributed by atoms with E-state index in [4.69, 9.17) is 8.83 Å². The van der Waals surface area contributed by atoms with Gasteiger partial charge < -0.3 is 18.0 Å². The quantitative estimate of drug-likeness (QED) is 0.137. The van der Waals surface area contributed by atoms with E-state index < -0.39 is 0 Å². The highest BCUT2D eigenvalue weighted by atomic mass is 16.3. The fourth-order valence-electron chi connectivity index (χ4n) is 14.8. The van der Waals surface area contributed by atoms with E-state index in [2.05, 4.69) is 349 Å². The van der Waals surface area contributed by atoms with Gasteiger partial charge in [-0.1, -0.05) is 218 Å². The number of nitrogens with zero attached hydrogens (tertiary/aromatic N) is 2. The minimum absolute atomic E-state index is 0.859. The smallest absolute Gasteiger partial charge is 0.135 e. The van der Waals surface area contributed by atoms with E-state index in [0.29, 0.717) is 0 Å². The van der Waals surface area contributed by atoms with E-state index in [9.17, 15) is 0 Å². The van der Waals surface area contributed by atoms with Crippen molar-refractivity contribution in [2.45, 2.75) is 0 Å². The molecule has 0 N–H and O–H groups in total. The Hall–Kier alpha value is -12.5. The van der Waals surface area contributed by atoms with Crippen LogP contribution in [-0.4, -0.2) is 9.13 Å². The summed E-state index contributed by atoms with van der Waals surface area (Å²) in [6.07, 6.45) is 0. The van der Waals surface area contributed by atoms with E-state index >= 15 is 0 Å². The van der Waals surface area contributed by atoms with E-state index in [1.165, 1.54) is 77.1 Å². The summed E-state index contributed by atoms with van der Waals surface area (Å²) < 4.78 is 18.1. The average Bonchev–Trinajstić information content (AvgIpc) is 1.59. The molecule has 4 aromatic heterocycles. The van der Waals surface area contributed by atoms with Gasteiger partial charge in [0.15, 0.2) is 0 Å². The molecule has 0 fully saturated rings. The first-order valence-electron chi connectivity index (χ1n) is 32.2. The van der Waals surface area contributed by atoms with Crippen LogP contribution in [0.3, 0.4) is 0 Å². The molecule has 4 heterocycles. The molecule has 0 radical (unpaired) electrons. The summed E-state index contributed by atoms with van der Waals surface area (Å²) in [4.78, 5) is 0. The lowest BCUT2D eigenvalue weighted by Crippen LogP contribution is -1.96. The van der Waals surface area contributed by atoms with Gasteiger partial charge in [0.1, 0.15) is 22.3 Å². The maximum atomic E-state index is 6.61. The standard InChI is InChI=1S/C90H56N2O2/c1-5-19-57(20-6-1)67-45-68(58-21-7-2-8-22-58)48-71(47-67)91-83-31-17-15-29-75(83)77-51-61(33-39-85(77)91)63-35-41-87-79(53-63)81-55-65(37-43-89(81)93-87)73-27-13-14-28-74(73)66-38-44-90-82(56-66)80-54-64(36-42-88(80)94-90)62-34-40-86-78(52-62)76-30-16-18-32-84(76)92(86)72-49-69(59-23-9-3-10-24-59)46-70(50-72)60-25-11-4-12-26-60/h1-56H. The van der Waals surface area contributed by atoms with Gasteiger partial charge in [0, 0.05) is 54.5 Å². The largest absolute Gasteiger partial charge is 0.456 e. The van der Waals surface area contributed by atoms with Crippen molar-refractivity contribution in [2.24, 2.45) is 0 Å². The normalized spacial score (nSPS) is 11.8. The molecule has 0 aliphatic carbocycles. The third kappa shape index (κ3) is 8.91. The maximum Gasteiger partial charge on any atom is 0.135 e. The molecule has 4 nitrogen and oxygen atoms in total. The molecule has 0 saturated carbocycles. The van der Waals surface area contributed by atoms with Crippen LogP contribution >= 0.6 is 0 Å². The lowest BCUT2D eigenvalue weighted by molar-refractivity contribution is 0.668. The van der Waals surface area contributed by atoms with Gasteiger partial charge in [0.25, 0.3) is 0 Å². The van der Waals surface area contributed by atoms with Crippen molar-refractivity contribution in [3.63, 3.8) is 0 Å². The average molecular weight is 1200 g/mol. The number of hydrogen-bond donors (Lipinski definition) is 0.